The van der Waals surface area contributed by atoms with E-state index in [-0.39, 0.29) is 0 Å². The fraction of sp³-hybridized carbons (Fsp3) is 0.444. The molecule has 0 aliphatic carbocycles. The molecule has 0 aliphatic heterocycles. The molecule has 0 bridgehead atoms. The lowest BCUT2D eigenvalue weighted by atomic mass is 9.50. The molecule has 0 heterocycles. The Hall–Kier alpha value is -0.785. The summed E-state index contributed by atoms with van der Waals surface area (Å²) in [5.74, 6) is 0. The van der Waals surface area contributed by atoms with E-state index in [0.29, 0.717) is 6.71 Å². The number of hydrogen-bond acceptors (Lipinski definition) is 1. The van der Waals surface area contributed by atoms with Crippen LogP contribution >= 0.6 is 0 Å². The highest BCUT2D eigenvalue weighted by Gasteiger charge is 2.02. The van der Waals surface area contributed by atoms with Crippen LogP contribution in [0, 0.1) is 0 Å². The van der Waals surface area contributed by atoms with E-state index >= 15 is 0 Å². The average molecular weight is 149 g/mol. The van der Waals surface area contributed by atoms with E-state index in [0.717, 1.165) is 5.61 Å². The molecule has 11 heavy (non-hydrogen) atoms. The fourth-order valence-electron chi connectivity index (χ4n) is 0.790. The molecule has 0 aromatic carbocycles. The Morgan fingerprint density at radius 1 is 1.27 bits per heavy atom. The topological polar surface area (TPSA) is 12.4 Å². The number of aliphatic imine (C=N–C) groups is 1. The number of allylic oxidation sites excluding steroid dienone is 4. The first kappa shape index (κ1) is 10.2. The Bertz CT molecular complexity index is 178. The molecule has 0 aliphatic rings. The SMILES string of the molecule is C/C=C\C=C/C(=NC)B(C)C. The van der Waals surface area contributed by atoms with E-state index < -0.39 is 0 Å². The molecule has 0 saturated heterocycles. The third kappa shape index (κ3) is 4.60. The fourth-order valence-corrected chi connectivity index (χ4v) is 0.790. The van der Waals surface area contributed by atoms with Gasteiger partial charge in [0, 0.05) is 7.05 Å². The highest BCUT2D eigenvalue weighted by molar-refractivity contribution is 6.91. The molecule has 0 radical (unpaired) electrons. The van der Waals surface area contributed by atoms with Gasteiger partial charge in [0.05, 0.1) is 0 Å². The minimum Gasteiger partial charge on any atom is -0.303 e. The van der Waals surface area contributed by atoms with Crippen molar-refractivity contribution in [3.8, 4) is 0 Å². The first-order valence-corrected chi connectivity index (χ1v) is 3.98. The van der Waals surface area contributed by atoms with Crippen molar-refractivity contribution in [1.82, 2.24) is 0 Å². The van der Waals surface area contributed by atoms with E-state index in [2.05, 4.69) is 18.6 Å². The molecule has 0 saturated carbocycles. The van der Waals surface area contributed by atoms with Crippen LogP contribution in [0.15, 0.2) is 29.3 Å². The molecule has 60 valence electrons. The highest BCUT2D eigenvalue weighted by Crippen LogP contribution is 1.89. The van der Waals surface area contributed by atoms with Gasteiger partial charge in [-0.3, -0.25) is 0 Å². The van der Waals surface area contributed by atoms with E-state index in [9.17, 15) is 0 Å². The maximum atomic E-state index is 4.16. The summed E-state index contributed by atoms with van der Waals surface area (Å²) in [6.45, 7) is 6.80. The number of rotatable bonds is 3. The molecule has 0 aromatic heterocycles. The molecule has 0 atom stereocenters. The molecule has 0 fully saturated rings. The average Bonchev–Trinajstić information content (AvgIpc) is 1.97. The smallest absolute Gasteiger partial charge is 0.193 e. The monoisotopic (exact) mass is 149 g/mol. The van der Waals surface area contributed by atoms with Gasteiger partial charge in [0.1, 0.15) is 0 Å². The van der Waals surface area contributed by atoms with Gasteiger partial charge in [0.25, 0.3) is 0 Å². The summed E-state index contributed by atoms with van der Waals surface area (Å²) in [7, 11) is 1.83. The third-order valence-electron chi connectivity index (χ3n) is 1.42. The Morgan fingerprint density at radius 3 is 2.27 bits per heavy atom. The third-order valence-corrected chi connectivity index (χ3v) is 1.42. The van der Waals surface area contributed by atoms with Gasteiger partial charge >= 0.3 is 0 Å². The zero-order valence-electron chi connectivity index (χ0n) is 7.83. The first-order valence-electron chi connectivity index (χ1n) is 3.98. The lowest BCUT2D eigenvalue weighted by Crippen LogP contribution is -2.14. The van der Waals surface area contributed by atoms with Crippen LogP contribution in [0.1, 0.15) is 6.92 Å². The van der Waals surface area contributed by atoms with Gasteiger partial charge in [0.2, 0.25) is 0 Å². The molecular formula is C9H16BN. The molecule has 1 nitrogen and oxygen atoms in total. The van der Waals surface area contributed by atoms with Gasteiger partial charge in [-0.05, 0) is 12.5 Å². The van der Waals surface area contributed by atoms with Crippen LogP contribution in [-0.4, -0.2) is 19.4 Å². The Balaban J connectivity index is 4.10. The molecule has 0 amide bonds. The minimum absolute atomic E-state index is 0.515. The summed E-state index contributed by atoms with van der Waals surface area (Å²) in [4.78, 5) is 4.16. The minimum atomic E-state index is 0.515. The van der Waals surface area contributed by atoms with Crippen LogP contribution in [0.3, 0.4) is 0 Å². The van der Waals surface area contributed by atoms with Gasteiger partial charge in [0.15, 0.2) is 6.71 Å². The summed E-state index contributed by atoms with van der Waals surface area (Å²) >= 11 is 0. The van der Waals surface area contributed by atoms with Crippen LogP contribution in [0.5, 0.6) is 0 Å². The second-order valence-corrected chi connectivity index (χ2v) is 2.69. The number of hydrogen-bond donors (Lipinski definition) is 0. The predicted octanol–water partition coefficient (Wildman–Crippen LogP) is 2.48. The van der Waals surface area contributed by atoms with Gasteiger partial charge in [-0.1, -0.05) is 38.0 Å². The lowest BCUT2D eigenvalue weighted by Gasteiger charge is -1.98. The molecule has 0 aromatic rings. The van der Waals surface area contributed by atoms with E-state index in [1.54, 1.807) is 0 Å². The zero-order chi connectivity index (χ0) is 8.69. The summed E-state index contributed by atoms with van der Waals surface area (Å²) in [6.07, 6.45) is 8.07. The van der Waals surface area contributed by atoms with Crippen LogP contribution in [-0.2, 0) is 0 Å². The van der Waals surface area contributed by atoms with Crippen LogP contribution in [0.4, 0.5) is 0 Å². The Morgan fingerprint density at radius 2 is 1.91 bits per heavy atom. The van der Waals surface area contributed by atoms with Crippen molar-refractivity contribution >= 4 is 12.3 Å². The summed E-state index contributed by atoms with van der Waals surface area (Å²) < 4.78 is 0. The largest absolute Gasteiger partial charge is 0.303 e. The highest BCUT2D eigenvalue weighted by atomic mass is 14.7. The van der Waals surface area contributed by atoms with Crippen molar-refractivity contribution in [3.63, 3.8) is 0 Å². The molecule has 0 unspecified atom stereocenters. The van der Waals surface area contributed by atoms with Crippen LogP contribution < -0.4 is 0 Å². The summed E-state index contributed by atoms with van der Waals surface area (Å²) in [5, 5.41) is 0. The quantitative estimate of drug-likeness (QED) is 0.332. The molecule has 2 heteroatoms. The maximum absolute atomic E-state index is 4.16. The van der Waals surface area contributed by atoms with Crippen LogP contribution in [0.2, 0.25) is 13.6 Å². The molecule has 0 rings (SSSR count). The standard InChI is InChI=1S/C9H16BN/c1-5-6-7-8-9(11-4)10(2)3/h5-8H,1-4H3/b6-5-,8-7-,11-9?. The number of nitrogens with zero attached hydrogens (tertiary/aromatic N) is 1. The second-order valence-electron chi connectivity index (χ2n) is 2.69. The van der Waals surface area contributed by atoms with Crippen molar-refractivity contribution in [2.75, 3.05) is 7.05 Å². The maximum Gasteiger partial charge on any atom is 0.193 e. The Labute approximate surface area is 70.0 Å². The van der Waals surface area contributed by atoms with Crippen molar-refractivity contribution in [3.05, 3.63) is 24.3 Å². The second kappa shape index (κ2) is 5.96. The summed E-state index contributed by atoms with van der Waals surface area (Å²) in [5.41, 5.74) is 1.14. The van der Waals surface area contributed by atoms with E-state index in [4.69, 9.17) is 0 Å². The predicted molar refractivity (Wildman–Crippen MR) is 54.8 cm³/mol. The van der Waals surface area contributed by atoms with Gasteiger partial charge in [-0.25, -0.2) is 0 Å². The lowest BCUT2D eigenvalue weighted by molar-refractivity contribution is 1.46. The van der Waals surface area contributed by atoms with Crippen molar-refractivity contribution in [2.24, 2.45) is 4.99 Å². The van der Waals surface area contributed by atoms with Gasteiger partial charge in [-0.2, -0.15) is 0 Å². The van der Waals surface area contributed by atoms with Gasteiger partial charge < -0.3 is 4.99 Å². The molecule has 0 spiro atoms. The van der Waals surface area contributed by atoms with Gasteiger partial charge in [-0.15, -0.1) is 0 Å². The first-order chi connectivity index (χ1) is 5.22. The van der Waals surface area contributed by atoms with E-state index in [1.807, 2.05) is 38.3 Å². The summed E-state index contributed by atoms with van der Waals surface area (Å²) in [6, 6.07) is 0. The molecular weight excluding hydrogens is 133 g/mol. The Kier molecular flexibility index (Phi) is 5.53. The van der Waals surface area contributed by atoms with Crippen LogP contribution in [0.25, 0.3) is 0 Å². The van der Waals surface area contributed by atoms with Crippen molar-refractivity contribution < 1.29 is 0 Å². The zero-order valence-corrected chi connectivity index (χ0v) is 7.83. The van der Waals surface area contributed by atoms with Crippen molar-refractivity contribution in [2.45, 2.75) is 20.6 Å². The molecule has 0 N–H and O–H groups in total. The van der Waals surface area contributed by atoms with E-state index in [1.165, 1.54) is 0 Å². The normalized spacial score (nSPS) is 13.3. The van der Waals surface area contributed by atoms with Crippen molar-refractivity contribution in [1.29, 1.82) is 0 Å².